The molecule has 34 valence electrons. The predicted octanol–water partition coefficient (Wildman–Crippen LogP) is -5.45. The third-order valence-electron chi connectivity index (χ3n) is 0. The molecule has 0 radical (unpaired) electrons. The molecule has 0 spiro atoms. The van der Waals surface area contributed by atoms with Crippen LogP contribution in [0.25, 0.3) is 0 Å². The number of carboxylic acid groups (broad SMARTS) is 2. The van der Waals surface area contributed by atoms with Crippen LogP contribution in [0.4, 0.5) is 4.79 Å². The predicted molar refractivity (Wildman–Crippen MR) is 5.40 cm³/mol. The Labute approximate surface area is 62.4 Å². The van der Waals surface area contributed by atoms with Crippen LogP contribution in [-0.2, 0) is 22.4 Å². The summed E-state index contributed by atoms with van der Waals surface area (Å²) in [5, 5.41) is 16.7. The molecule has 0 rings (SSSR count). The molecule has 0 N–H and O–H groups in total. The first-order valence-electron chi connectivity index (χ1n) is 0.612. The third kappa shape index (κ3) is 162. The summed E-state index contributed by atoms with van der Waals surface area (Å²) in [4.78, 5) is 8.33. The first kappa shape index (κ1) is 16.0. The van der Waals surface area contributed by atoms with Crippen molar-refractivity contribution >= 4 is 6.16 Å². The largest absolute Gasteiger partial charge is 1.00 e. The molecule has 6 heavy (non-hydrogen) atoms. The molecular formula is CAgLiO3. The Balaban J connectivity index is -0.0000000450. The fraction of sp³-hybridized carbons (Fsp3) is 0. The van der Waals surface area contributed by atoms with Crippen LogP contribution in [0.15, 0.2) is 0 Å². The topological polar surface area (TPSA) is 63.2 Å². The molecule has 0 heterocycles. The average molecular weight is 175 g/mol. The summed E-state index contributed by atoms with van der Waals surface area (Å²) in [5.41, 5.74) is 0. The molecule has 0 aromatic rings. The second kappa shape index (κ2) is 9.15. The van der Waals surface area contributed by atoms with Crippen molar-refractivity contribution in [1.82, 2.24) is 0 Å². The van der Waals surface area contributed by atoms with E-state index in [9.17, 15) is 0 Å². The van der Waals surface area contributed by atoms with Gasteiger partial charge in [0.1, 0.15) is 0 Å². The van der Waals surface area contributed by atoms with E-state index in [1.807, 2.05) is 0 Å². The van der Waals surface area contributed by atoms with Gasteiger partial charge in [0.05, 0.1) is 0 Å². The van der Waals surface area contributed by atoms with Crippen LogP contribution < -0.4 is 29.1 Å². The number of hydrogen-bond donors (Lipinski definition) is 0. The van der Waals surface area contributed by atoms with Gasteiger partial charge in [0.15, 0.2) is 0 Å². The van der Waals surface area contributed by atoms with Crippen molar-refractivity contribution in [2.75, 3.05) is 0 Å². The first-order chi connectivity index (χ1) is 1.73. The summed E-state index contributed by atoms with van der Waals surface area (Å²) in [6, 6.07) is 0. The van der Waals surface area contributed by atoms with Gasteiger partial charge in [-0.2, -0.15) is 0 Å². The molecule has 0 aliphatic carbocycles. The molecule has 0 bridgehead atoms. The molecule has 0 saturated heterocycles. The quantitative estimate of drug-likeness (QED) is 0.345. The summed E-state index contributed by atoms with van der Waals surface area (Å²) in [5.74, 6) is 0. The van der Waals surface area contributed by atoms with Gasteiger partial charge in [-0.25, -0.2) is 0 Å². The van der Waals surface area contributed by atoms with Crippen LogP contribution in [0.3, 0.4) is 0 Å². The number of carbonyl (C=O) groups is 1. The molecular weight excluding hydrogens is 175 g/mol. The van der Waals surface area contributed by atoms with Crippen molar-refractivity contribution in [2.45, 2.75) is 0 Å². The van der Waals surface area contributed by atoms with Crippen molar-refractivity contribution in [3.8, 4) is 0 Å². The van der Waals surface area contributed by atoms with Crippen LogP contribution >= 0.6 is 0 Å². The number of carbonyl (C=O) groups excluding carboxylic acids is 1. The maximum absolute atomic E-state index is 8.33. The van der Waals surface area contributed by atoms with Crippen molar-refractivity contribution in [1.29, 1.82) is 0 Å². The van der Waals surface area contributed by atoms with Crippen molar-refractivity contribution < 1.29 is 56.2 Å². The Morgan fingerprint density at radius 3 is 1.33 bits per heavy atom. The van der Waals surface area contributed by atoms with Crippen molar-refractivity contribution in [3.63, 3.8) is 0 Å². The molecule has 0 atom stereocenters. The Morgan fingerprint density at radius 2 is 1.33 bits per heavy atom. The van der Waals surface area contributed by atoms with Crippen LogP contribution in [0.1, 0.15) is 0 Å². The van der Waals surface area contributed by atoms with Gasteiger partial charge in [-0.3, -0.25) is 0 Å². The molecule has 0 unspecified atom stereocenters. The summed E-state index contributed by atoms with van der Waals surface area (Å²) < 4.78 is 0. The summed E-state index contributed by atoms with van der Waals surface area (Å²) in [6.45, 7) is 0. The zero-order chi connectivity index (χ0) is 3.58. The van der Waals surface area contributed by atoms with Crippen LogP contribution in [0, 0.1) is 0 Å². The molecule has 0 amide bonds. The van der Waals surface area contributed by atoms with E-state index in [0.717, 1.165) is 0 Å². The Hall–Kier alpha value is 0.608. The van der Waals surface area contributed by atoms with Gasteiger partial charge >= 0.3 is 41.2 Å². The standard InChI is InChI=1S/CH2O3.Ag.Li/c2-1(3)4;;/h(H2,2,3,4);;/q;2*+1/p-2. The van der Waals surface area contributed by atoms with E-state index in [4.69, 9.17) is 15.0 Å². The van der Waals surface area contributed by atoms with Gasteiger partial charge in [0.25, 0.3) is 0 Å². The van der Waals surface area contributed by atoms with Crippen LogP contribution in [-0.4, -0.2) is 6.16 Å². The van der Waals surface area contributed by atoms with E-state index in [1.165, 1.54) is 0 Å². The van der Waals surface area contributed by atoms with E-state index < -0.39 is 6.16 Å². The molecule has 0 aliphatic heterocycles. The molecule has 0 fully saturated rings. The first-order valence-corrected chi connectivity index (χ1v) is 0.612. The molecule has 3 nitrogen and oxygen atoms in total. The van der Waals surface area contributed by atoms with E-state index in [2.05, 4.69) is 0 Å². The molecule has 0 aromatic heterocycles. The van der Waals surface area contributed by atoms with Gasteiger partial charge in [-0.05, 0) is 6.16 Å². The van der Waals surface area contributed by atoms with E-state index in [-0.39, 0.29) is 41.2 Å². The molecule has 0 aliphatic rings. The summed E-state index contributed by atoms with van der Waals surface area (Å²) >= 11 is 0. The monoisotopic (exact) mass is 174 g/mol. The second-order valence-electron chi connectivity index (χ2n) is 0.250. The minimum absolute atomic E-state index is 0. The van der Waals surface area contributed by atoms with Crippen molar-refractivity contribution in [3.05, 3.63) is 0 Å². The minimum atomic E-state index is -2.33. The second-order valence-corrected chi connectivity index (χ2v) is 0.250. The van der Waals surface area contributed by atoms with Crippen molar-refractivity contribution in [2.24, 2.45) is 0 Å². The van der Waals surface area contributed by atoms with Crippen LogP contribution in [0.2, 0.25) is 0 Å². The zero-order valence-electron chi connectivity index (χ0n) is 3.03. The Bertz CT molecular complexity index is 33.8. The third-order valence-corrected chi connectivity index (χ3v) is 0. The fourth-order valence-electron chi connectivity index (χ4n) is 0. The smallest absolute Gasteiger partial charge is 0.652 e. The Kier molecular flexibility index (Phi) is 24.3. The normalized spacial score (nSPS) is 4.00. The summed E-state index contributed by atoms with van der Waals surface area (Å²) in [7, 11) is 0. The summed E-state index contributed by atoms with van der Waals surface area (Å²) in [6.07, 6.45) is -2.33. The van der Waals surface area contributed by atoms with Gasteiger partial charge in [-0.15, -0.1) is 0 Å². The Morgan fingerprint density at radius 1 is 1.33 bits per heavy atom. The van der Waals surface area contributed by atoms with Gasteiger partial charge in [0, 0.05) is 0 Å². The maximum atomic E-state index is 8.33. The van der Waals surface area contributed by atoms with E-state index >= 15 is 0 Å². The number of hydrogen-bond acceptors (Lipinski definition) is 3. The molecule has 5 heteroatoms. The SMILES string of the molecule is O=C([O-])[O-].[Ag+].[Li+]. The van der Waals surface area contributed by atoms with E-state index in [1.54, 1.807) is 0 Å². The average Bonchev–Trinajstić information content (AvgIpc) is 0.811. The fourth-order valence-corrected chi connectivity index (χ4v) is 0. The maximum Gasteiger partial charge on any atom is 1.00 e. The van der Waals surface area contributed by atoms with Gasteiger partial charge in [0.2, 0.25) is 0 Å². The molecule has 0 aromatic carbocycles. The van der Waals surface area contributed by atoms with Gasteiger partial charge < -0.3 is 15.0 Å². The van der Waals surface area contributed by atoms with E-state index in [0.29, 0.717) is 0 Å². The molecule has 0 saturated carbocycles. The number of rotatable bonds is 0. The van der Waals surface area contributed by atoms with Gasteiger partial charge in [-0.1, -0.05) is 0 Å². The minimum Gasteiger partial charge on any atom is -0.652 e. The van der Waals surface area contributed by atoms with Crippen LogP contribution in [0.5, 0.6) is 0 Å². The zero-order valence-corrected chi connectivity index (χ0v) is 4.51.